The van der Waals surface area contributed by atoms with E-state index in [1.54, 1.807) is 6.07 Å². The van der Waals surface area contributed by atoms with Crippen LogP contribution in [0.15, 0.2) is 69.1 Å². The summed E-state index contributed by atoms with van der Waals surface area (Å²) in [4.78, 5) is 10.6. The molecular weight excluding hydrogens is 352 g/mol. The van der Waals surface area contributed by atoms with Gasteiger partial charge < -0.3 is 15.1 Å². The molecule has 1 aromatic heterocycles. The van der Waals surface area contributed by atoms with Crippen molar-refractivity contribution in [3.63, 3.8) is 0 Å². The van der Waals surface area contributed by atoms with Crippen molar-refractivity contribution in [2.75, 3.05) is 0 Å². The molecule has 0 atom stereocenters. The highest BCUT2D eigenvalue weighted by molar-refractivity contribution is 7.91. The van der Waals surface area contributed by atoms with E-state index in [4.69, 9.17) is 9.84 Å². The summed E-state index contributed by atoms with van der Waals surface area (Å²) in [7, 11) is -4.25. The Labute approximate surface area is 141 Å². The highest BCUT2D eigenvalue weighted by Crippen LogP contribution is 2.29. The minimum absolute atomic E-state index is 0.0155. The van der Waals surface area contributed by atoms with Crippen LogP contribution in [0.3, 0.4) is 0 Å². The topological polar surface area (TPSA) is 134 Å². The van der Waals surface area contributed by atoms with Crippen molar-refractivity contribution < 1.29 is 32.6 Å². The Morgan fingerprint density at radius 1 is 1.16 bits per heavy atom. The SMILES string of the molecule is O=C(O)c1cccc(Oc2no[n+]([O-])c2S(=O)(=O)c2ccccc2)c1. The van der Waals surface area contributed by atoms with Gasteiger partial charge in [-0.25, -0.2) is 13.2 Å². The predicted molar refractivity (Wildman–Crippen MR) is 80.8 cm³/mol. The van der Waals surface area contributed by atoms with Crippen molar-refractivity contribution in [1.82, 2.24) is 5.16 Å². The first kappa shape index (κ1) is 16.5. The normalized spacial score (nSPS) is 11.2. The first-order chi connectivity index (χ1) is 11.9. The lowest BCUT2D eigenvalue weighted by Gasteiger charge is -2.03. The molecule has 0 bridgehead atoms. The molecule has 10 heteroatoms. The Balaban J connectivity index is 2.04. The summed E-state index contributed by atoms with van der Waals surface area (Å²) in [5.41, 5.74) is -0.0801. The van der Waals surface area contributed by atoms with Gasteiger partial charge in [-0.1, -0.05) is 24.3 Å². The number of sulfone groups is 1. The monoisotopic (exact) mass is 362 g/mol. The van der Waals surface area contributed by atoms with E-state index in [1.165, 1.54) is 42.5 Å². The lowest BCUT2D eigenvalue weighted by atomic mass is 10.2. The molecule has 0 spiro atoms. The molecule has 25 heavy (non-hydrogen) atoms. The summed E-state index contributed by atoms with van der Waals surface area (Å²) in [6.45, 7) is 0. The van der Waals surface area contributed by atoms with E-state index in [-0.39, 0.29) is 21.1 Å². The van der Waals surface area contributed by atoms with Gasteiger partial charge in [-0.3, -0.25) is 4.63 Å². The van der Waals surface area contributed by atoms with Crippen molar-refractivity contribution >= 4 is 15.8 Å². The predicted octanol–water partition coefficient (Wildman–Crippen LogP) is 1.63. The molecule has 9 nitrogen and oxygen atoms in total. The highest BCUT2D eigenvalue weighted by Gasteiger charge is 2.36. The molecule has 0 saturated heterocycles. The van der Waals surface area contributed by atoms with Gasteiger partial charge in [0.25, 0.3) is 9.84 Å². The summed E-state index contributed by atoms with van der Waals surface area (Å²) in [6, 6.07) is 12.5. The van der Waals surface area contributed by atoms with Gasteiger partial charge in [0.05, 0.1) is 15.6 Å². The van der Waals surface area contributed by atoms with Crippen LogP contribution in [0, 0.1) is 5.21 Å². The van der Waals surface area contributed by atoms with E-state index in [9.17, 15) is 18.4 Å². The number of rotatable bonds is 5. The van der Waals surface area contributed by atoms with Crippen molar-refractivity contribution in [2.45, 2.75) is 9.92 Å². The smallest absolute Gasteiger partial charge is 0.420 e. The lowest BCUT2D eigenvalue weighted by Crippen LogP contribution is -2.30. The van der Waals surface area contributed by atoms with Crippen LogP contribution in [0.1, 0.15) is 10.4 Å². The van der Waals surface area contributed by atoms with Gasteiger partial charge in [0.1, 0.15) is 5.75 Å². The third-order valence-electron chi connectivity index (χ3n) is 3.15. The molecule has 128 valence electrons. The number of ether oxygens (including phenoxy) is 1. The zero-order valence-corrected chi connectivity index (χ0v) is 13.2. The second-order valence-corrected chi connectivity index (χ2v) is 6.66. The number of carboxylic acids is 1. The first-order valence-corrected chi connectivity index (χ1v) is 8.29. The van der Waals surface area contributed by atoms with Crippen LogP contribution < -0.4 is 9.64 Å². The summed E-state index contributed by atoms with van der Waals surface area (Å²) < 4.78 is 34.8. The van der Waals surface area contributed by atoms with Crippen LogP contribution in [0.25, 0.3) is 0 Å². The van der Waals surface area contributed by atoms with Crippen LogP contribution >= 0.6 is 0 Å². The average molecular weight is 362 g/mol. The molecule has 3 aromatic rings. The number of carboxylic acid groups (broad SMARTS) is 1. The van der Waals surface area contributed by atoms with E-state index in [2.05, 4.69) is 9.79 Å². The average Bonchev–Trinajstić information content (AvgIpc) is 2.97. The fourth-order valence-corrected chi connectivity index (χ4v) is 3.30. The van der Waals surface area contributed by atoms with E-state index in [0.717, 1.165) is 6.07 Å². The summed E-state index contributed by atoms with van der Waals surface area (Å²) in [5, 5.41) is 23.2. The van der Waals surface area contributed by atoms with Gasteiger partial charge >= 0.3 is 16.9 Å². The fourth-order valence-electron chi connectivity index (χ4n) is 2.02. The maximum absolute atomic E-state index is 12.6. The lowest BCUT2D eigenvalue weighted by molar-refractivity contribution is -0.832. The van der Waals surface area contributed by atoms with Gasteiger partial charge in [0.2, 0.25) is 0 Å². The van der Waals surface area contributed by atoms with Crippen LogP contribution in [-0.4, -0.2) is 24.7 Å². The molecule has 2 aromatic carbocycles. The molecule has 0 fully saturated rings. The number of aromatic nitrogens is 2. The van der Waals surface area contributed by atoms with Crippen LogP contribution in [-0.2, 0) is 9.84 Å². The molecule has 0 aliphatic heterocycles. The number of aromatic carboxylic acids is 1. The third kappa shape index (κ3) is 3.15. The largest absolute Gasteiger partial charge is 0.478 e. The minimum Gasteiger partial charge on any atom is -0.478 e. The summed E-state index contributed by atoms with van der Waals surface area (Å²) >= 11 is 0. The molecule has 0 amide bonds. The number of carbonyl (C=O) groups is 1. The minimum atomic E-state index is -4.25. The van der Waals surface area contributed by atoms with Crippen molar-refractivity contribution in [2.24, 2.45) is 0 Å². The molecule has 1 N–H and O–H groups in total. The van der Waals surface area contributed by atoms with Crippen molar-refractivity contribution in [3.8, 4) is 11.6 Å². The maximum atomic E-state index is 12.6. The second-order valence-electron chi connectivity index (χ2n) is 4.79. The Morgan fingerprint density at radius 2 is 1.88 bits per heavy atom. The maximum Gasteiger partial charge on any atom is 0.420 e. The molecule has 0 aliphatic rings. The second kappa shape index (κ2) is 6.24. The number of nitrogens with zero attached hydrogens (tertiary/aromatic N) is 2. The van der Waals surface area contributed by atoms with Crippen LogP contribution in [0.5, 0.6) is 11.6 Å². The Hall–Kier alpha value is -3.40. The highest BCUT2D eigenvalue weighted by atomic mass is 32.2. The Morgan fingerprint density at radius 3 is 2.56 bits per heavy atom. The number of hydrogen-bond donors (Lipinski definition) is 1. The van der Waals surface area contributed by atoms with E-state index >= 15 is 0 Å². The van der Waals surface area contributed by atoms with Gasteiger partial charge in [-0.2, -0.15) is 0 Å². The zero-order valence-electron chi connectivity index (χ0n) is 12.4. The van der Waals surface area contributed by atoms with Crippen LogP contribution in [0.2, 0.25) is 0 Å². The number of hydrogen-bond acceptors (Lipinski definition) is 7. The molecule has 3 rings (SSSR count). The quantitative estimate of drug-likeness (QED) is 0.677. The van der Waals surface area contributed by atoms with Gasteiger partial charge in [-0.05, 0) is 35.2 Å². The molecule has 0 saturated carbocycles. The Kier molecular flexibility index (Phi) is 4.11. The van der Waals surface area contributed by atoms with E-state index in [0.29, 0.717) is 0 Å². The fraction of sp³-hybridized carbons (Fsp3) is 0. The molecule has 0 unspecified atom stereocenters. The molecule has 0 aliphatic carbocycles. The molecule has 1 heterocycles. The van der Waals surface area contributed by atoms with Crippen molar-refractivity contribution in [1.29, 1.82) is 0 Å². The van der Waals surface area contributed by atoms with Gasteiger partial charge in [0, 0.05) is 0 Å². The summed E-state index contributed by atoms with van der Waals surface area (Å²) in [6.07, 6.45) is 0. The Bertz CT molecular complexity index is 1030. The summed E-state index contributed by atoms with van der Waals surface area (Å²) in [5.74, 6) is -1.80. The number of benzene rings is 2. The van der Waals surface area contributed by atoms with Gasteiger partial charge in [-0.15, -0.1) is 0 Å². The third-order valence-corrected chi connectivity index (χ3v) is 4.88. The molecule has 0 radical (unpaired) electrons. The first-order valence-electron chi connectivity index (χ1n) is 6.80. The van der Waals surface area contributed by atoms with E-state index in [1.807, 2.05) is 0 Å². The standard InChI is InChI=1S/C15H10N2O7S/c18-15(19)10-5-4-6-11(9-10)23-13-14(17(20)24-16-13)25(21,22)12-7-2-1-3-8-12/h1-9H,(H,18,19). The van der Waals surface area contributed by atoms with Gasteiger partial charge in [0.15, 0.2) is 0 Å². The zero-order chi connectivity index (χ0) is 18.0. The van der Waals surface area contributed by atoms with Crippen molar-refractivity contribution in [3.05, 3.63) is 65.4 Å². The molecular formula is C15H10N2O7S. The van der Waals surface area contributed by atoms with E-state index < -0.39 is 26.7 Å². The van der Waals surface area contributed by atoms with Crippen LogP contribution in [0.4, 0.5) is 0 Å².